The number of methoxy groups -OCH3 is 1. The van der Waals surface area contributed by atoms with E-state index in [0.29, 0.717) is 18.7 Å². The molecule has 0 bridgehead atoms. The van der Waals surface area contributed by atoms with Crippen molar-refractivity contribution in [3.63, 3.8) is 0 Å². The molecule has 0 atom stereocenters. The molecule has 21 heavy (non-hydrogen) atoms. The van der Waals surface area contributed by atoms with Crippen LogP contribution in [0, 0.1) is 0 Å². The lowest BCUT2D eigenvalue weighted by atomic mass is 9.88. The largest absolute Gasteiger partial charge is 0.497 e. The third-order valence-electron chi connectivity index (χ3n) is 3.79. The summed E-state index contributed by atoms with van der Waals surface area (Å²) in [6, 6.07) is 5.87. The van der Waals surface area contributed by atoms with Gasteiger partial charge in [0.2, 0.25) is 5.91 Å². The summed E-state index contributed by atoms with van der Waals surface area (Å²) < 4.78 is 5.31. The maximum absolute atomic E-state index is 12.6. The van der Waals surface area contributed by atoms with Gasteiger partial charge in [0.15, 0.2) is 0 Å². The molecule has 1 aromatic carbocycles. The minimum Gasteiger partial charge on any atom is -0.497 e. The minimum atomic E-state index is -0.354. The Kier molecular flexibility index (Phi) is 4.62. The van der Waals surface area contributed by atoms with E-state index in [0.717, 1.165) is 17.0 Å². The Morgan fingerprint density at radius 3 is 2.71 bits per heavy atom. The standard InChI is InChI=1S/C17H22ClNO2/c1-12-11-17(2,3)19(16(20)6-5-9-18)15-10-13(21-4)7-8-14(12)15/h7-8,10-11H,5-6,9H2,1-4H3. The molecule has 2 rings (SSSR count). The number of allylic oxidation sites excluding steroid dienone is 1. The van der Waals surface area contributed by atoms with Crippen molar-refractivity contribution in [2.45, 2.75) is 39.2 Å². The highest BCUT2D eigenvalue weighted by Crippen LogP contribution is 2.41. The number of halogens is 1. The molecule has 4 heteroatoms. The first-order valence-electron chi connectivity index (χ1n) is 7.17. The molecule has 0 aliphatic carbocycles. The molecule has 0 fully saturated rings. The van der Waals surface area contributed by atoms with Gasteiger partial charge in [0.05, 0.1) is 18.3 Å². The van der Waals surface area contributed by atoms with Crippen LogP contribution in [0.4, 0.5) is 5.69 Å². The second-order valence-electron chi connectivity index (χ2n) is 5.89. The lowest BCUT2D eigenvalue weighted by Crippen LogP contribution is -2.48. The number of benzene rings is 1. The van der Waals surface area contributed by atoms with Gasteiger partial charge in [-0.3, -0.25) is 4.79 Å². The van der Waals surface area contributed by atoms with Crippen molar-refractivity contribution < 1.29 is 9.53 Å². The molecule has 0 N–H and O–H groups in total. The number of fused-ring (bicyclic) bond motifs is 1. The van der Waals surface area contributed by atoms with Crippen LogP contribution in [0.15, 0.2) is 24.3 Å². The normalized spacial score (nSPS) is 16.2. The molecule has 0 radical (unpaired) electrons. The first kappa shape index (κ1) is 15.9. The summed E-state index contributed by atoms with van der Waals surface area (Å²) in [5.74, 6) is 1.35. The molecule has 0 aromatic heterocycles. The van der Waals surface area contributed by atoms with Crippen LogP contribution in [0.2, 0.25) is 0 Å². The summed E-state index contributed by atoms with van der Waals surface area (Å²) in [6.07, 6.45) is 3.28. The number of hydrogen-bond donors (Lipinski definition) is 0. The van der Waals surface area contributed by atoms with E-state index >= 15 is 0 Å². The van der Waals surface area contributed by atoms with Crippen molar-refractivity contribution in [3.8, 4) is 5.75 Å². The van der Waals surface area contributed by atoms with E-state index in [4.69, 9.17) is 16.3 Å². The lowest BCUT2D eigenvalue weighted by molar-refractivity contribution is -0.119. The summed E-state index contributed by atoms with van der Waals surface area (Å²) in [6.45, 7) is 6.18. The van der Waals surface area contributed by atoms with Crippen molar-refractivity contribution in [3.05, 3.63) is 29.8 Å². The van der Waals surface area contributed by atoms with Crippen molar-refractivity contribution in [2.24, 2.45) is 0 Å². The topological polar surface area (TPSA) is 29.5 Å². The lowest BCUT2D eigenvalue weighted by Gasteiger charge is -2.41. The van der Waals surface area contributed by atoms with Crippen LogP contribution in [-0.4, -0.2) is 24.4 Å². The smallest absolute Gasteiger partial charge is 0.227 e. The molecule has 0 spiro atoms. The molecule has 0 unspecified atom stereocenters. The number of amides is 1. The first-order valence-corrected chi connectivity index (χ1v) is 7.71. The zero-order valence-corrected chi connectivity index (χ0v) is 13.8. The zero-order valence-electron chi connectivity index (χ0n) is 13.1. The molecular formula is C17H22ClNO2. The zero-order chi connectivity index (χ0) is 15.6. The monoisotopic (exact) mass is 307 g/mol. The van der Waals surface area contributed by atoms with Crippen LogP contribution < -0.4 is 9.64 Å². The SMILES string of the molecule is COc1ccc2c(c1)N(C(=O)CCCCl)C(C)(C)C=C2C. The molecule has 0 saturated carbocycles. The molecule has 1 amide bonds. The molecule has 0 saturated heterocycles. The maximum atomic E-state index is 12.6. The van der Waals surface area contributed by atoms with Crippen LogP contribution >= 0.6 is 11.6 Å². The Labute approximate surface area is 131 Å². The van der Waals surface area contributed by atoms with E-state index in [1.165, 1.54) is 5.57 Å². The fourth-order valence-corrected chi connectivity index (χ4v) is 3.06. The minimum absolute atomic E-state index is 0.0962. The van der Waals surface area contributed by atoms with Crippen molar-refractivity contribution in [1.82, 2.24) is 0 Å². The number of nitrogens with zero attached hydrogens (tertiary/aromatic N) is 1. The predicted octanol–water partition coefficient (Wildman–Crippen LogP) is 4.24. The quantitative estimate of drug-likeness (QED) is 0.779. The van der Waals surface area contributed by atoms with Gasteiger partial charge in [-0.15, -0.1) is 11.6 Å². The Balaban J connectivity index is 2.50. The third kappa shape index (κ3) is 3.08. The van der Waals surface area contributed by atoms with Gasteiger partial charge in [-0.1, -0.05) is 6.08 Å². The van der Waals surface area contributed by atoms with Crippen molar-refractivity contribution >= 4 is 28.8 Å². The molecule has 1 aliphatic heterocycles. The fourth-order valence-electron chi connectivity index (χ4n) is 2.93. The van der Waals surface area contributed by atoms with E-state index in [9.17, 15) is 4.79 Å². The van der Waals surface area contributed by atoms with Crippen molar-refractivity contribution in [1.29, 1.82) is 0 Å². The molecule has 1 aliphatic rings. The summed E-state index contributed by atoms with van der Waals surface area (Å²) in [4.78, 5) is 14.5. The Bertz CT molecular complexity index is 578. The van der Waals surface area contributed by atoms with Gasteiger partial charge >= 0.3 is 0 Å². The summed E-state index contributed by atoms with van der Waals surface area (Å²) in [7, 11) is 1.64. The van der Waals surface area contributed by atoms with Gasteiger partial charge in [-0.05, 0) is 44.9 Å². The van der Waals surface area contributed by atoms with Crippen LogP contribution in [0.25, 0.3) is 5.57 Å². The van der Waals surface area contributed by atoms with E-state index in [-0.39, 0.29) is 11.4 Å². The van der Waals surface area contributed by atoms with Gasteiger partial charge in [0.25, 0.3) is 0 Å². The highest BCUT2D eigenvalue weighted by molar-refractivity contribution is 6.18. The van der Waals surface area contributed by atoms with Crippen LogP contribution in [0.5, 0.6) is 5.75 Å². The number of rotatable bonds is 4. The number of anilines is 1. The average molecular weight is 308 g/mol. The molecule has 114 valence electrons. The molecular weight excluding hydrogens is 286 g/mol. The molecule has 3 nitrogen and oxygen atoms in total. The predicted molar refractivity (Wildman–Crippen MR) is 88.2 cm³/mol. The first-order chi connectivity index (χ1) is 9.90. The second kappa shape index (κ2) is 6.10. The highest BCUT2D eigenvalue weighted by Gasteiger charge is 2.35. The highest BCUT2D eigenvalue weighted by atomic mass is 35.5. The molecule has 1 aromatic rings. The average Bonchev–Trinajstić information content (AvgIpc) is 2.43. The van der Waals surface area contributed by atoms with Crippen LogP contribution in [-0.2, 0) is 4.79 Å². The summed E-state index contributed by atoms with van der Waals surface area (Å²) in [5.41, 5.74) is 2.82. The fraction of sp³-hybridized carbons (Fsp3) is 0.471. The van der Waals surface area contributed by atoms with Gasteiger partial charge in [0, 0.05) is 23.9 Å². The number of carbonyl (C=O) groups is 1. The second-order valence-corrected chi connectivity index (χ2v) is 6.26. The number of alkyl halides is 1. The van der Waals surface area contributed by atoms with E-state index < -0.39 is 0 Å². The number of ether oxygens (including phenoxy) is 1. The van der Waals surface area contributed by atoms with Gasteiger partial charge in [-0.2, -0.15) is 0 Å². The van der Waals surface area contributed by atoms with E-state index in [1.54, 1.807) is 7.11 Å². The Morgan fingerprint density at radius 2 is 2.10 bits per heavy atom. The maximum Gasteiger partial charge on any atom is 0.227 e. The van der Waals surface area contributed by atoms with Gasteiger partial charge < -0.3 is 9.64 Å². The third-order valence-corrected chi connectivity index (χ3v) is 4.06. The summed E-state index contributed by atoms with van der Waals surface area (Å²) >= 11 is 5.72. The number of carbonyl (C=O) groups excluding carboxylic acids is 1. The number of hydrogen-bond acceptors (Lipinski definition) is 2. The van der Waals surface area contributed by atoms with Crippen LogP contribution in [0.1, 0.15) is 39.2 Å². The summed E-state index contributed by atoms with van der Waals surface area (Å²) in [5, 5.41) is 0. The van der Waals surface area contributed by atoms with Gasteiger partial charge in [-0.25, -0.2) is 0 Å². The van der Waals surface area contributed by atoms with E-state index in [1.807, 2.05) is 23.1 Å². The van der Waals surface area contributed by atoms with Gasteiger partial charge in [0.1, 0.15) is 5.75 Å². The van der Waals surface area contributed by atoms with Crippen molar-refractivity contribution in [2.75, 3.05) is 17.9 Å². The Morgan fingerprint density at radius 1 is 1.38 bits per heavy atom. The molecule has 1 heterocycles. The van der Waals surface area contributed by atoms with E-state index in [2.05, 4.69) is 26.8 Å². The Hall–Kier alpha value is -1.48. The van der Waals surface area contributed by atoms with Crippen LogP contribution in [0.3, 0.4) is 0 Å².